The van der Waals surface area contributed by atoms with Gasteiger partial charge in [-0.05, 0) is 61.2 Å². The first kappa shape index (κ1) is 14.4. The highest BCUT2D eigenvalue weighted by molar-refractivity contribution is 6.31. The third kappa shape index (κ3) is 2.92. The van der Waals surface area contributed by atoms with E-state index in [2.05, 4.69) is 35.6 Å². The zero-order chi connectivity index (χ0) is 14.8. The molecule has 0 aromatic heterocycles. The van der Waals surface area contributed by atoms with Gasteiger partial charge in [0.2, 0.25) is 0 Å². The van der Waals surface area contributed by atoms with Gasteiger partial charge in [0, 0.05) is 5.02 Å². The molecule has 0 amide bonds. The van der Waals surface area contributed by atoms with E-state index >= 15 is 0 Å². The number of halogens is 1. The molecular weight excluding hydrogens is 282 g/mol. The highest BCUT2D eigenvalue weighted by Gasteiger charge is 2.17. The Balaban J connectivity index is 1.97. The molecule has 3 heteroatoms. The van der Waals surface area contributed by atoms with Gasteiger partial charge in [-0.2, -0.15) is 0 Å². The summed E-state index contributed by atoms with van der Waals surface area (Å²) in [5.41, 5.74) is 4.85. The molecule has 0 saturated carbocycles. The van der Waals surface area contributed by atoms with Crippen molar-refractivity contribution in [2.24, 2.45) is 0 Å². The van der Waals surface area contributed by atoms with Crippen LogP contribution in [0.2, 0.25) is 5.02 Å². The average molecular weight is 302 g/mol. The Morgan fingerprint density at radius 1 is 1.14 bits per heavy atom. The summed E-state index contributed by atoms with van der Waals surface area (Å²) >= 11 is 6.27. The molecule has 110 valence electrons. The summed E-state index contributed by atoms with van der Waals surface area (Å²) in [6, 6.07) is 12.9. The summed E-state index contributed by atoms with van der Waals surface area (Å²) in [5, 5.41) is 4.20. The predicted molar refractivity (Wildman–Crippen MR) is 87.3 cm³/mol. The number of hydrogen-bond donors (Lipinski definition) is 1. The molecule has 1 N–H and O–H groups in total. The van der Waals surface area contributed by atoms with E-state index in [0.29, 0.717) is 0 Å². The minimum Gasteiger partial charge on any atom is -0.493 e. The summed E-state index contributed by atoms with van der Waals surface area (Å²) < 4.78 is 5.69. The van der Waals surface area contributed by atoms with Gasteiger partial charge < -0.3 is 10.1 Å². The molecule has 1 atom stereocenters. The van der Waals surface area contributed by atoms with Gasteiger partial charge in [-0.3, -0.25) is 0 Å². The quantitative estimate of drug-likeness (QED) is 0.913. The normalized spacial score (nSPS) is 15.2. The third-order valence-electron chi connectivity index (χ3n) is 4.08. The fourth-order valence-corrected chi connectivity index (χ4v) is 3.06. The Labute approximate surface area is 131 Å². The van der Waals surface area contributed by atoms with Crippen molar-refractivity contribution in [2.45, 2.75) is 25.8 Å². The van der Waals surface area contributed by atoms with Crippen LogP contribution in [-0.2, 0) is 6.42 Å². The first-order valence-electron chi connectivity index (χ1n) is 7.38. The van der Waals surface area contributed by atoms with Crippen LogP contribution in [0.4, 0.5) is 0 Å². The van der Waals surface area contributed by atoms with Crippen LogP contribution in [0.3, 0.4) is 0 Å². The molecule has 1 heterocycles. The molecule has 21 heavy (non-hydrogen) atoms. The molecule has 2 aromatic rings. The van der Waals surface area contributed by atoms with Crippen molar-refractivity contribution in [3.63, 3.8) is 0 Å². The first-order valence-corrected chi connectivity index (χ1v) is 7.76. The van der Waals surface area contributed by atoms with Gasteiger partial charge >= 0.3 is 0 Å². The lowest BCUT2D eigenvalue weighted by molar-refractivity contribution is 0.288. The lowest BCUT2D eigenvalue weighted by atomic mass is 9.94. The van der Waals surface area contributed by atoms with Crippen LogP contribution in [0.5, 0.6) is 5.75 Å². The Morgan fingerprint density at radius 3 is 2.67 bits per heavy atom. The molecule has 0 aliphatic carbocycles. The van der Waals surface area contributed by atoms with E-state index in [0.717, 1.165) is 35.8 Å². The van der Waals surface area contributed by atoms with Crippen LogP contribution in [0.15, 0.2) is 36.4 Å². The van der Waals surface area contributed by atoms with Crippen LogP contribution in [0.25, 0.3) is 0 Å². The molecular formula is C18H20ClNO. The van der Waals surface area contributed by atoms with Crippen LogP contribution >= 0.6 is 11.6 Å². The van der Waals surface area contributed by atoms with E-state index < -0.39 is 0 Å². The summed E-state index contributed by atoms with van der Waals surface area (Å²) in [6.45, 7) is 2.85. The van der Waals surface area contributed by atoms with E-state index in [4.69, 9.17) is 16.3 Å². The zero-order valence-electron chi connectivity index (χ0n) is 12.4. The Kier molecular flexibility index (Phi) is 4.18. The molecule has 0 fully saturated rings. The molecule has 1 aliphatic rings. The predicted octanol–water partition coefficient (Wildman–Crippen LogP) is 4.28. The lowest BCUT2D eigenvalue weighted by Crippen LogP contribution is -2.18. The smallest absolute Gasteiger partial charge is 0.122 e. The molecule has 0 radical (unpaired) electrons. The summed E-state index contributed by atoms with van der Waals surface area (Å²) in [7, 11) is 1.98. The number of benzene rings is 2. The third-order valence-corrected chi connectivity index (χ3v) is 4.49. The Morgan fingerprint density at radius 2 is 1.90 bits per heavy atom. The fourth-order valence-electron chi connectivity index (χ4n) is 2.87. The van der Waals surface area contributed by atoms with Crippen molar-refractivity contribution in [2.75, 3.05) is 13.7 Å². The van der Waals surface area contributed by atoms with Crippen LogP contribution in [-0.4, -0.2) is 13.7 Å². The molecule has 0 saturated heterocycles. The summed E-state index contributed by atoms with van der Waals surface area (Å²) in [5.74, 6) is 1.03. The Hall–Kier alpha value is -1.51. The second-order valence-electron chi connectivity index (χ2n) is 5.55. The van der Waals surface area contributed by atoms with E-state index in [1.54, 1.807) is 0 Å². The van der Waals surface area contributed by atoms with E-state index in [1.807, 2.05) is 20.0 Å². The van der Waals surface area contributed by atoms with Crippen molar-refractivity contribution >= 4 is 11.6 Å². The molecule has 1 aliphatic heterocycles. The van der Waals surface area contributed by atoms with Crippen molar-refractivity contribution < 1.29 is 4.74 Å². The van der Waals surface area contributed by atoms with Crippen molar-refractivity contribution in [3.8, 4) is 5.75 Å². The monoisotopic (exact) mass is 301 g/mol. The van der Waals surface area contributed by atoms with Gasteiger partial charge in [-0.1, -0.05) is 35.9 Å². The second-order valence-corrected chi connectivity index (χ2v) is 5.96. The van der Waals surface area contributed by atoms with Crippen LogP contribution in [0, 0.1) is 6.92 Å². The molecule has 2 aromatic carbocycles. The highest BCUT2D eigenvalue weighted by atomic mass is 35.5. The summed E-state index contributed by atoms with van der Waals surface area (Å²) in [6.07, 6.45) is 2.19. The number of fused-ring (bicyclic) bond motifs is 1. The van der Waals surface area contributed by atoms with Crippen LogP contribution in [0.1, 0.15) is 34.7 Å². The van der Waals surface area contributed by atoms with Gasteiger partial charge in [0.05, 0.1) is 12.6 Å². The second kappa shape index (κ2) is 6.08. The van der Waals surface area contributed by atoms with Gasteiger partial charge in [0.15, 0.2) is 0 Å². The van der Waals surface area contributed by atoms with Gasteiger partial charge in [0.25, 0.3) is 0 Å². The average Bonchev–Trinajstić information content (AvgIpc) is 2.51. The minimum absolute atomic E-state index is 0.148. The number of ether oxygens (including phenoxy) is 1. The van der Waals surface area contributed by atoms with E-state index in [9.17, 15) is 0 Å². The number of nitrogens with one attached hydrogen (secondary N) is 1. The molecule has 0 bridgehead atoms. The number of aryl methyl sites for hydroxylation is 2. The molecule has 2 nitrogen and oxygen atoms in total. The van der Waals surface area contributed by atoms with Crippen molar-refractivity contribution in [3.05, 3.63) is 63.7 Å². The lowest BCUT2D eigenvalue weighted by Gasteiger charge is -2.22. The highest BCUT2D eigenvalue weighted by Crippen LogP contribution is 2.31. The molecule has 3 rings (SSSR count). The topological polar surface area (TPSA) is 21.3 Å². The maximum Gasteiger partial charge on any atom is 0.122 e. The largest absolute Gasteiger partial charge is 0.493 e. The minimum atomic E-state index is 0.148. The van der Waals surface area contributed by atoms with Gasteiger partial charge in [-0.25, -0.2) is 0 Å². The van der Waals surface area contributed by atoms with Crippen molar-refractivity contribution in [1.29, 1.82) is 0 Å². The zero-order valence-corrected chi connectivity index (χ0v) is 13.2. The molecule has 1 unspecified atom stereocenters. The standard InChI is InChI=1S/C18H20ClNO/c1-12-5-6-15(11-16(12)19)18(20-2)14-7-8-17-13(10-14)4-3-9-21-17/h5-8,10-11,18,20H,3-4,9H2,1-2H3. The maximum atomic E-state index is 6.27. The van der Waals surface area contributed by atoms with Crippen molar-refractivity contribution in [1.82, 2.24) is 5.32 Å². The van der Waals surface area contributed by atoms with E-state index in [1.165, 1.54) is 16.7 Å². The number of hydrogen-bond acceptors (Lipinski definition) is 2. The molecule has 0 spiro atoms. The van der Waals surface area contributed by atoms with Gasteiger partial charge in [-0.15, -0.1) is 0 Å². The fraction of sp³-hybridized carbons (Fsp3) is 0.333. The SMILES string of the molecule is CNC(c1ccc(C)c(Cl)c1)c1ccc2c(c1)CCCO2. The van der Waals surface area contributed by atoms with Gasteiger partial charge in [0.1, 0.15) is 5.75 Å². The van der Waals surface area contributed by atoms with E-state index in [-0.39, 0.29) is 6.04 Å². The maximum absolute atomic E-state index is 6.27. The Bertz CT molecular complexity index is 654. The summed E-state index contributed by atoms with van der Waals surface area (Å²) in [4.78, 5) is 0. The number of rotatable bonds is 3. The van der Waals surface area contributed by atoms with Crippen LogP contribution < -0.4 is 10.1 Å². The first-order chi connectivity index (χ1) is 10.2.